The summed E-state index contributed by atoms with van der Waals surface area (Å²) in [5.74, 6) is -10.1. The summed E-state index contributed by atoms with van der Waals surface area (Å²) in [6.07, 6.45) is 4.67. The van der Waals surface area contributed by atoms with Gasteiger partial charge in [0.2, 0.25) is 11.6 Å². The first-order valence-corrected chi connectivity index (χ1v) is 21.7. The molecule has 342 valence electrons. The molecule has 0 saturated carbocycles. The van der Waals surface area contributed by atoms with E-state index >= 15 is 9.59 Å². The summed E-state index contributed by atoms with van der Waals surface area (Å²) in [6.45, 7) is 13.1. The van der Waals surface area contributed by atoms with Crippen molar-refractivity contribution in [3.63, 3.8) is 0 Å². The highest BCUT2D eigenvalue weighted by molar-refractivity contribution is 6.34. The molecule has 1 saturated heterocycles. The van der Waals surface area contributed by atoms with Gasteiger partial charge in [0.05, 0.1) is 51.9 Å². The zero-order valence-electron chi connectivity index (χ0n) is 37.4. The van der Waals surface area contributed by atoms with Gasteiger partial charge in [-0.1, -0.05) is 69.7 Å². The van der Waals surface area contributed by atoms with Crippen LogP contribution in [0.4, 0.5) is 0 Å². The van der Waals surface area contributed by atoms with Crippen molar-refractivity contribution in [1.82, 2.24) is 10.2 Å². The molecule has 0 aromatic heterocycles. The monoisotopic (exact) mass is 902 g/mol. The molecule has 0 spiro atoms. The molecule has 15 nitrogen and oxygen atoms in total. The Morgan fingerprint density at radius 2 is 1.58 bits per heavy atom. The van der Waals surface area contributed by atoms with E-state index in [0.29, 0.717) is 25.9 Å². The summed E-state index contributed by atoms with van der Waals surface area (Å²) in [6, 6.07) is 6.08. The largest absolute Gasteiger partial charge is 0.462 e. The highest BCUT2D eigenvalue weighted by Crippen LogP contribution is 2.50. The number of aliphatic hydroxyl groups excluding tert-OH is 2. The van der Waals surface area contributed by atoms with Gasteiger partial charge >= 0.3 is 17.7 Å². The summed E-state index contributed by atoms with van der Waals surface area (Å²) < 4.78 is 29.8. The number of carbonyl (C=O) groups is 6. The third-order valence-corrected chi connectivity index (χ3v) is 12.9. The second kappa shape index (κ2) is 19.2. The molecule has 5 aliphatic rings. The minimum absolute atomic E-state index is 0.00712. The molecule has 9 atom stereocenters. The lowest BCUT2D eigenvalue weighted by Crippen LogP contribution is -2.46. The van der Waals surface area contributed by atoms with E-state index in [1.54, 1.807) is 56.9 Å². The lowest BCUT2D eigenvalue weighted by Gasteiger charge is -2.38. The van der Waals surface area contributed by atoms with Gasteiger partial charge in [0.25, 0.3) is 11.7 Å². The van der Waals surface area contributed by atoms with Crippen molar-refractivity contribution in [2.45, 2.75) is 98.4 Å². The van der Waals surface area contributed by atoms with E-state index in [2.05, 4.69) is 5.32 Å². The van der Waals surface area contributed by atoms with Crippen LogP contribution in [0.2, 0.25) is 5.02 Å². The maximum atomic E-state index is 15.1. The van der Waals surface area contributed by atoms with Gasteiger partial charge in [-0.05, 0) is 44.9 Å². The highest BCUT2D eigenvalue weighted by Gasteiger charge is 2.54. The number of methoxy groups -OCH3 is 1. The molecule has 64 heavy (non-hydrogen) atoms. The zero-order valence-corrected chi connectivity index (χ0v) is 38.1. The number of benzene rings is 2. The number of hydrogen-bond donors (Lipinski definition) is 3. The number of halogens is 1. The standard InChI is InChI=1S/C48H55ClN2O13/c1-23-15-14-16-24(2)46(58)50-36-37(51-20-12-13-21-51)41(56)33-34(40(36)55)43(63-47(59)30-17-10-11-18-31(30)49)28(6)44-35(33)45(57)48(8,64-44)61-22-19-32(60-9)25(3)42(62-29(7)52)27(5)39(54)26(4)38(23)53/h10-11,14-19,22-23,25-27,32,38-39,42,53-54H,12-13,20-21H2,1-9H3,(H,50,58)/t23-,25+,26+,27-,32-,38-,39-,42+,48-/m0/s1. The van der Waals surface area contributed by atoms with Crippen LogP contribution in [-0.4, -0.2) is 101 Å². The number of nitrogens with zero attached hydrogens (tertiary/aromatic N) is 1. The third kappa shape index (κ3) is 9.03. The SMILES string of the molecule is CO[C@H]1C=CO[C@@]2(C)Oc3c(C)c(OC(=O)c4ccccc4Cl)c4c(c3C2=O)C(=O)C(N2CCCC2)=C(NC(=O)C(C)=CC=C[C@H](C)[C@H](O)[C@@H](C)[C@H](O)[C@H](C)[C@H](OC(C)=O)[C@@H]1C)C4=O. The zero-order chi connectivity index (χ0) is 46.9. The van der Waals surface area contributed by atoms with Crippen LogP contribution in [-0.2, 0) is 23.8 Å². The molecule has 2 aromatic carbocycles. The van der Waals surface area contributed by atoms with Crippen molar-refractivity contribution < 1.29 is 62.7 Å². The summed E-state index contributed by atoms with van der Waals surface area (Å²) in [5.41, 5.74) is -1.54. The number of likely N-dealkylation sites (tertiary alicyclic amines) is 1. The number of amides is 1. The van der Waals surface area contributed by atoms with Crippen LogP contribution in [0.15, 0.2) is 71.8 Å². The average Bonchev–Trinajstić information content (AvgIpc) is 3.88. The third-order valence-electron chi connectivity index (χ3n) is 12.6. The van der Waals surface area contributed by atoms with Gasteiger partial charge in [0, 0.05) is 68.9 Å². The smallest absolute Gasteiger partial charge is 0.345 e. The number of allylic oxidation sites excluding steroid dienone is 4. The van der Waals surface area contributed by atoms with Gasteiger partial charge in [0.15, 0.2) is 0 Å². The number of Topliss-reactive ketones (excluding diaryl/α,β-unsaturated/α-hetero) is 3. The van der Waals surface area contributed by atoms with E-state index in [9.17, 15) is 29.4 Å². The first-order chi connectivity index (χ1) is 30.2. The molecule has 2 aromatic rings. The number of aliphatic hydroxyl groups is 2. The molecule has 1 aliphatic carbocycles. The predicted molar refractivity (Wildman–Crippen MR) is 234 cm³/mol. The van der Waals surface area contributed by atoms with Crippen molar-refractivity contribution in [3.05, 3.63) is 105 Å². The maximum absolute atomic E-state index is 15.1. The van der Waals surface area contributed by atoms with E-state index in [1.807, 2.05) is 0 Å². The second-order valence-corrected chi connectivity index (χ2v) is 17.5. The first-order valence-electron chi connectivity index (χ1n) is 21.3. The van der Waals surface area contributed by atoms with Crippen molar-refractivity contribution in [3.8, 4) is 11.5 Å². The van der Waals surface area contributed by atoms with Gasteiger partial charge in [-0.2, -0.15) is 0 Å². The molecule has 0 unspecified atom stereocenters. The Kier molecular flexibility index (Phi) is 14.4. The fraction of sp³-hybridized carbons (Fsp3) is 0.458. The molecule has 0 radical (unpaired) electrons. The minimum Gasteiger partial charge on any atom is -0.462 e. The predicted octanol–water partition coefficient (Wildman–Crippen LogP) is 6.22. The van der Waals surface area contributed by atoms with Crippen LogP contribution < -0.4 is 14.8 Å². The molecule has 7 rings (SSSR count). The molecular weight excluding hydrogens is 848 g/mol. The van der Waals surface area contributed by atoms with Gasteiger partial charge < -0.3 is 44.1 Å². The first kappa shape index (κ1) is 47.9. The summed E-state index contributed by atoms with van der Waals surface area (Å²) in [7, 11) is 1.42. The van der Waals surface area contributed by atoms with E-state index in [-0.39, 0.29) is 55.7 Å². The molecule has 5 bridgehead atoms. The number of ketones is 3. The lowest BCUT2D eigenvalue weighted by atomic mass is 9.78. The van der Waals surface area contributed by atoms with Gasteiger partial charge in [-0.3, -0.25) is 24.0 Å². The maximum Gasteiger partial charge on any atom is 0.345 e. The number of fused-ring (bicyclic) bond motifs is 14. The number of esters is 2. The van der Waals surface area contributed by atoms with E-state index in [0.717, 1.165) is 0 Å². The van der Waals surface area contributed by atoms with Crippen LogP contribution in [0.1, 0.15) is 108 Å². The summed E-state index contributed by atoms with van der Waals surface area (Å²) >= 11 is 6.37. The van der Waals surface area contributed by atoms with Crippen molar-refractivity contribution in [1.29, 1.82) is 0 Å². The Morgan fingerprint density at radius 1 is 0.906 bits per heavy atom. The normalized spacial score (nSPS) is 29.0. The van der Waals surface area contributed by atoms with Crippen LogP contribution >= 0.6 is 11.6 Å². The molecule has 4 aliphatic heterocycles. The Hall–Kier alpha value is -5.61. The average molecular weight is 903 g/mol. The summed E-state index contributed by atoms with van der Waals surface area (Å²) in [4.78, 5) is 86.8. The number of nitrogens with one attached hydrogen (secondary N) is 1. The molecule has 16 heteroatoms. The molecular formula is C48H55ClN2O13. The van der Waals surface area contributed by atoms with Crippen LogP contribution in [0.5, 0.6) is 11.5 Å². The van der Waals surface area contributed by atoms with Gasteiger partial charge in [-0.25, -0.2) is 4.79 Å². The van der Waals surface area contributed by atoms with E-state index < -0.39 is 94.6 Å². The van der Waals surface area contributed by atoms with Crippen LogP contribution in [0.3, 0.4) is 0 Å². The number of carbonyl (C=O) groups excluding carboxylic acids is 6. The van der Waals surface area contributed by atoms with Gasteiger partial charge in [0.1, 0.15) is 29.0 Å². The topological polar surface area (TPSA) is 204 Å². The number of ether oxygens (including phenoxy) is 5. The number of hydrogen-bond acceptors (Lipinski definition) is 14. The Balaban J connectivity index is 1.55. The quantitative estimate of drug-likeness (QED) is 0.225. The Morgan fingerprint density at radius 3 is 2.22 bits per heavy atom. The fourth-order valence-corrected chi connectivity index (χ4v) is 9.02. The Bertz CT molecular complexity index is 2380. The highest BCUT2D eigenvalue weighted by atomic mass is 35.5. The molecule has 1 fully saturated rings. The van der Waals surface area contributed by atoms with E-state index in [4.69, 9.17) is 35.3 Å². The molecule has 4 heterocycles. The summed E-state index contributed by atoms with van der Waals surface area (Å²) in [5, 5.41) is 25.7. The fourth-order valence-electron chi connectivity index (χ4n) is 8.81. The lowest BCUT2D eigenvalue weighted by molar-refractivity contribution is -0.160. The molecule has 3 N–H and O–H groups in total. The van der Waals surface area contributed by atoms with Crippen molar-refractivity contribution in [2.75, 3.05) is 20.2 Å². The van der Waals surface area contributed by atoms with Crippen molar-refractivity contribution >= 4 is 46.8 Å². The Labute approximate surface area is 377 Å². The number of rotatable bonds is 5. The molecule has 1 amide bonds. The second-order valence-electron chi connectivity index (χ2n) is 17.1. The minimum atomic E-state index is -2.15. The van der Waals surface area contributed by atoms with Gasteiger partial charge in [-0.15, -0.1) is 0 Å². The van der Waals surface area contributed by atoms with E-state index in [1.165, 1.54) is 65.4 Å². The van der Waals surface area contributed by atoms with Crippen molar-refractivity contribution in [2.24, 2.45) is 23.7 Å². The van der Waals surface area contributed by atoms with Crippen LogP contribution in [0.25, 0.3) is 0 Å². The van der Waals surface area contributed by atoms with Crippen LogP contribution in [0, 0.1) is 30.6 Å².